The normalized spacial score (nSPS) is 17.7. The maximum atomic E-state index is 11.6. The highest BCUT2D eigenvalue weighted by Gasteiger charge is 2.34. The Kier molecular flexibility index (Phi) is 3.49. The summed E-state index contributed by atoms with van der Waals surface area (Å²) >= 11 is 5.96. The van der Waals surface area contributed by atoms with Crippen molar-refractivity contribution < 1.29 is 19.1 Å². The molecule has 1 rings (SSSR count). The zero-order chi connectivity index (χ0) is 10.9. The number of Topliss-reactive ketones (excluding diaryl/α,β-unsaturated/α-hetero) is 2. The molecule has 0 bridgehead atoms. The molecule has 0 aliphatic heterocycles. The molecule has 6 heteroatoms. The van der Waals surface area contributed by atoms with Crippen LogP contribution in [0.15, 0.2) is 20.5 Å². The highest BCUT2D eigenvalue weighted by atomic mass is 79.9. The predicted molar refractivity (Wildman–Crippen MR) is 55.9 cm³/mol. The van der Waals surface area contributed by atoms with Gasteiger partial charge in [0.15, 0.2) is 11.5 Å². The summed E-state index contributed by atoms with van der Waals surface area (Å²) in [5.74, 6) is -0.934. The van der Waals surface area contributed by atoms with Gasteiger partial charge in [0.05, 0.1) is 14.2 Å². The van der Waals surface area contributed by atoms with Gasteiger partial charge in [0, 0.05) is 0 Å². The molecule has 0 fully saturated rings. The van der Waals surface area contributed by atoms with E-state index in [1.807, 2.05) is 0 Å². The van der Waals surface area contributed by atoms with Gasteiger partial charge in [0.1, 0.15) is 8.96 Å². The number of carbonyl (C=O) groups is 2. The number of allylic oxidation sites excluding steroid dienone is 2. The van der Waals surface area contributed by atoms with Crippen molar-refractivity contribution in [2.75, 3.05) is 14.2 Å². The summed E-state index contributed by atoms with van der Waals surface area (Å²) in [6.45, 7) is 0. The van der Waals surface area contributed by atoms with Crippen LogP contribution >= 0.6 is 31.9 Å². The Labute approximate surface area is 97.2 Å². The number of methoxy groups -OCH3 is 2. The lowest BCUT2D eigenvalue weighted by atomic mass is 10.1. The predicted octanol–water partition coefficient (Wildman–Crippen LogP) is 1.64. The number of carbonyl (C=O) groups excluding carboxylic acids is 2. The molecular weight excluding hydrogens is 320 g/mol. The van der Waals surface area contributed by atoms with Crippen LogP contribution < -0.4 is 0 Å². The van der Waals surface area contributed by atoms with E-state index in [2.05, 4.69) is 31.9 Å². The Morgan fingerprint density at radius 1 is 0.857 bits per heavy atom. The Morgan fingerprint density at radius 3 is 1.50 bits per heavy atom. The molecule has 0 aromatic carbocycles. The summed E-state index contributed by atoms with van der Waals surface area (Å²) in [7, 11) is 2.63. The first-order valence-corrected chi connectivity index (χ1v) is 5.10. The molecule has 0 amide bonds. The molecule has 0 unspecified atom stereocenters. The van der Waals surface area contributed by atoms with Crippen LogP contribution in [0, 0.1) is 0 Å². The van der Waals surface area contributed by atoms with Crippen LogP contribution in [-0.2, 0) is 19.1 Å². The minimum absolute atomic E-state index is 0.0462. The van der Waals surface area contributed by atoms with Crippen molar-refractivity contribution in [3.05, 3.63) is 20.5 Å². The van der Waals surface area contributed by atoms with Crippen molar-refractivity contribution >= 4 is 43.4 Å². The van der Waals surface area contributed by atoms with Gasteiger partial charge in [0.25, 0.3) is 5.78 Å². The van der Waals surface area contributed by atoms with Crippen LogP contribution in [0.2, 0.25) is 0 Å². The van der Waals surface area contributed by atoms with E-state index in [-0.39, 0.29) is 26.3 Å². The monoisotopic (exact) mass is 324 g/mol. The largest absolute Gasteiger partial charge is 0.491 e. The number of rotatable bonds is 2. The molecule has 14 heavy (non-hydrogen) atoms. The van der Waals surface area contributed by atoms with Crippen LogP contribution in [0.5, 0.6) is 0 Å². The van der Waals surface area contributed by atoms with E-state index in [4.69, 9.17) is 9.47 Å². The summed E-state index contributed by atoms with van der Waals surface area (Å²) in [4.78, 5) is 23.1. The van der Waals surface area contributed by atoms with Crippen molar-refractivity contribution in [2.24, 2.45) is 0 Å². The van der Waals surface area contributed by atoms with Crippen LogP contribution in [0.1, 0.15) is 0 Å². The Bertz CT molecular complexity index is 336. The van der Waals surface area contributed by atoms with Gasteiger partial charge in [-0.05, 0) is 31.9 Å². The molecule has 0 atom stereocenters. The first-order valence-electron chi connectivity index (χ1n) is 3.51. The molecule has 76 valence electrons. The van der Waals surface area contributed by atoms with Crippen LogP contribution in [0.3, 0.4) is 0 Å². The van der Waals surface area contributed by atoms with Crippen molar-refractivity contribution in [1.82, 2.24) is 0 Å². The van der Waals surface area contributed by atoms with E-state index in [0.717, 1.165) is 0 Å². The first kappa shape index (κ1) is 11.5. The van der Waals surface area contributed by atoms with E-state index in [1.54, 1.807) is 0 Å². The Morgan fingerprint density at radius 2 is 1.21 bits per heavy atom. The highest BCUT2D eigenvalue weighted by molar-refractivity contribution is 9.13. The Hall–Kier alpha value is -0.620. The molecule has 0 aromatic heterocycles. The highest BCUT2D eigenvalue weighted by Crippen LogP contribution is 2.31. The lowest BCUT2D eigenvalue weighted by Gasteiger charge is -2.15. The van der Waals surface area contributed by atoms with Gasteiger partial charge in [-0.25, -0.2) is 0 Å². The third-order valence-electron chi connectivity index (χ3n) is 1.62. The standard InChI is InChI=1S/C8H6Br2O4/c1-13-7-3(9)5(11)4(10)8(14-2)6(7)12/h1-2H3. The smallest absolute Gasteiger partial charge is 0.264 e. The van der Waals surface area contributed by atoms with E-state index in [0.29, 0.717) is 0 Å². The zero-order valence-electron chi connectivity index (χ0n) is 7.39. The molecule has 0 spiro atoms. The topological polar surface area (TPSA) is 52.6 Å². The SMILES string of the molecule is COC1=C(Br)C(=O)C(Br)=C(OC)C1=O. The summed E-state index contributed by atoms with van der Waals surface area (Å²) in [5.41, 5.74) is 0. The van der Waals surface area contributed by atoms with Crippen molar-refractivity contribution in [1.29, 1.82) is 0 Å². The van der Waals surface area contributed by atoms with Gasteiger partial charge in [-0.15, -0.1) is 0 Å². The van der Waals surface area contributed by atoms with Gasteiger partial charge >= 0.3 is 0 Å². The molecule has 0 radical (unpaired) electrons. The molecule has 0 heterocycles. The minimum atomic E-state index is -0.464. The molecular formula is C8H6Br2O4. The lowest BCUT2D eigenvalue weighted by Crippen LogP contribution is -2.21. The molecule has 0 saturated heterocycles. The number of halogens is 2. The summed E-state index contributed by atoms with van der Waals surface area (Å²) in [6.07, 6.45) is 0. The maximum Gasteiger partial charge on any atom is 0.264 e. The number of hydrogen-bond donors (Lipinski definition) is 0. The van der Waals surface area contributed by atoms with E-state index >= 15 is 0 Å². The fraction of sp³-hybridized carbons (Fsp3) is 0.250. The molecule has 1 aliphatic carbocycles. The summed E-state index contributed by atoms with van der Waals surface area (Å²) in [5, 5.41) is 0. The van der Waals surface area contributed by atoms with Crippen molar-refractivity contribution in [3.8, 4) is 0 Å². The minimum Gasteiger partial charge on any atom is -0.491 e. The van der Waals surface area contributed by atoms with Crippen LogP contribution in [-0.4, -0.2) is 25.8 Å². The second-order valence-electron chi connectivity index (χ2n) is 2.35. The molecule has 0 N–H and O–H groups in total. The maximum absolute atomic E-state index is 11.6. The zero-order valence-corrected chi connectivity index (χ0v) is 10.6. The van der Waals surface area contributed by atoms with Gasteiger partial charge < -0.3 is 9.47 Å². The second-order valence-corrected chi connectivity index (χ2v) is 3.94. The van der Waals surface area contributed by atoms with Gasteiger partial charge in [0.2, 0.25) is 5.78 Å². The molecule has 0 saturated carbocycles. The van der Waals surface area contributed by atoms with E-state index in [1.165, 1.54) is 14.2 Å². The van der Waals surface area contributed by atoms with E-state index < -0.39 is 5.78 Å². The molecule has 0 aromatic rings. The average molecular weight is 326 g/mol. The van der Waals surface area contributed by atoms with Gasteiger partial charge in [-0.1, -0.05) is 0 Å². The first-order chi connectivity index (χ1) is 6.54. The molecule has 4 nitrogen and oxygen atoms in total. The second kappa shape index (κ2) is 4.27. The lowest BCUT2D eigenvalue weighted by molar-refractivity contribution is -0.120. The quantitative estimate of drug-likeness (QED) is 0.724. The van der Waals surface area contributed by atoms with E-state index in [9.17, 15) is 9.59 Å². The molecule has 1 aliphatic rings. The van der Waals surface area contributed by atoms with Gasteiger partial charge in [-0.2, -0.15) is 0 Å². The van der Waals surface area contributed by atoms with Crippen molar-refractivity contribution in [2.45, 2.75) is 0 Å². The van der Waals surface area contributed by atoms with Crippen LogP contribution in [0.25, 0.3) is 0 Å². The number of ketones is 2. The Balaban J connectivity index is 3.29. The third kappa shape index (κ3) is 1.64. The van der Waals surface area contributed by atoms with Crippen LogP contribution in [0.4, 0.5) is 0 Å². The fourth-order valence-electron chi connectivity index (χ4n) is 0.970. The van der Waals surface area contributed by atoms with Gasteiger partial charge in [-0.3, -0.25) is 9.59 Å². The third-order valence-corrected chi connectivity index (χ3v) is 3.06. The number of hydrogen-bond acceptors (Lipinski definition) is 4. The fourth-order valence-corrected chi connectivity index (χ4v) is 2.32. The summed E-state index contributed by atoms with van der Waals surface area (Å²) < 4.78 is 9.78. The summed E-state index contributed by atoms with van der Waals surface area (Å²) in [6, 6.07) is 0. The van der Waals surface area contributed by atoms with Crippen molar-refractivity contribution in [3.63, 3.8) is 0 Å². The number of ether oxygens (including phenoxy) is 2. The average Bonchev–Trinajstić information content (AvgIpc) is 2.16.